The number of aromatic nitrogens is 2. The Hall–Kier alpha value is -3.74. The highest BCUT2D eigenvalue weighted by molar-refractivity contribution is 6.31. The van der Waals surface area contributed by atoms with E-state index in [0.29, 0.717) is 78.6 Å². The van der Waals surface area contributed by atoms with Gasteiger partial charge in [0.05, 0.1) is 36.4 Å². The van der Waals surface area contributed by atoms with Crippen LogP contribution in [0.25, 0.3) is 10.9 Å². The third-order valence-electron chi connectivity index (χ3n) is 7.08. The maximum absolute atomic E-state index is 14.5. The number of anilines is 2. The van der Waals surface area contributed by atoms with Crippen molar-refractivity contribution in [1.29, 1.82) is 0 Å². The highest BCUT2D eigenvalue weighted by Gasteiger charge is 2.21. The lowest BCUT2D eigenvalue weighted by molar-refractivity contribution is -0.129. The smallest absolute Gasteiger partial charge is 0.237 e. The average Bonchev–Trinajstić information content (AvgIpc) is 2.96. The van der Waals surface area contributed by atoms with Gasteiger partial charge in [-0.05, 0) is 50.6 Å². The van der Waals surface area contributed by atoms with Gasteiger partial charge in [0.2, 0.25) is 11.8 Å². The first-order chi connectivity index (χ1) is 20.2. The average molecular weight is 603 g/mol. The molecule has 1 aliphatic heterocycles. The Bertz CT molecular complexity index is 1430. The van der Waals surface area contributed by atoms with E-state index in [1.807, 2.05) is 4.90 Å². The van der Waals surface area contributed by atoms with Crippen molar-refractivity contribution in [2.75, 3.05) is 51.8 Å². The Balaban J connectivity index is 1.67. The number of nitrogens with zero attached hydrogens (tertiary/aromatic N) is 4. The summed E-state index contributed by atoms with van der Waals surface area (Å²) in [5, 5.41) is 16.0. The maximum atomic E-state index is 14.5. The molecule has 1 aliphatic rings. The summed E-state index contributed by atoms with van der Waals surface area (Å²) in [6.07, 6.45) is 2.51. The molecule has 1 atom stereocenters. The largest absolute Gasteiger partial charge is 0.490 e. The monoisotopic (exact) mass is 602 g/mol. The van der Waals surface area contributed by atoms with Gasteiger partial charge < -0.3 is 30.1 Å². The Kier molecular flexibility index (Phi) is 10.7. The van der Waals surface area contributed by atoms with E-state index in [4.69, 9.17) is 21.1 Å². The van der Waals surface area contributed by atoms with Crippen molar-refractivity contribution in [1.82, 2.24) is 25.1 Å². The van der Waals surface area contributed by atoms with Crippen LogP contribution in [0.5, 0.6) is 11.5 Å². The fourth-order valence-corrected chi connectivity index (χ4v) is 4.72. The van der Waals surface area contributed by atoms with Crippen molar-refractivity contribution >= 4 is 45.8 Å². The molecule has 0 aliphatic carbocycles. The molecule has 0 saturated heterocycles. The van der Waals surface area contributed by atoms with Gasteiger partial charge in [-0.3, -0.25) is 14.5 Å². The van der Waals surface area contributed by atoms with Crippen LogP contribution >= 0.6 is 11.6 Å². The number of ether oxygens (including phenoxy) is 2. The number of halogens is 2. The third kappa shape index (κ3) is 7.75. The molecular formula is C29H36ClFN6O5. The molecule has 0 spiro atoms. The lowest BCUT2D eigenvalue weighted by Gasteiger charge is -2.25. The molecule has 3 aromatic rings. The van der Waals surface area contributed by atoms with Gasteiger partial charge in [-0.25, -0.2) is 14.4 Å². The Morgan fingerprint density at radius 2 is 2.10 bits per heavy atom. The van der Waals surface area contributed by atoms with Crippen LogP contribution in [0, 0.1) is 5.82 Å². The fourth-order valence-electron chi connectivity index (χ4n) is 4.56. The summed E-state index contributed by atoms with van der Waals surface area (Å²) < 4.78 is 26.7. The number of benzene rings is 2. The first-order valence-electron chi connectivity index (χ1n) is 13.8. The Morgan fingerprint density at radius 1 is 1.29 bits per heavy atom. The summed E-state index contributed by atoms with van der Waals surface area (Å²) >= 11 is 6.16. The summed E-state index contributed by atoms with van der Waals surface area (Å²) in [6.45, 7) is 5.14. The first kappa shape index (κ1) is 31.2. The van der Waals surface area contributed by atoms with E-state index in [2.05, 4.69) is 20.6 Å². The number of carbonyl (C=O) groups is 2. The predicted molar refractivity (Wildman–Crippen MR) is 158 cm³/mol. The summed E-state index contributed by atoms with van der Waals surface area (Å²) in [4.78, 5) is 36.8. The number of rotatable bonds is 7. The maximum Gasteiger partial charge on any atom is 0.237 e. The number of nitrogens with one attached hydrogen (secondary N) is 2. The number of aliphatic hydroxyl groups excluding tert-OH is 1. The summed E-state index contributed by atoms with van der Waals surface area (Å²) in [5.74, 6) is 0.552. The molecule has 4 rings (SSSR count). The first-order valence-corrected chi connectivity index (χ1v) is 14.2. The second-order valence-corrected chi connectivity index (χ2v) is 10.5. The highest BCUT2D eigenvalue weighted by atomic mass is 35.5. The van der Waals surface area contributed by atoms with E-state index in [-0.39, 0.29) is 36.5 Å². The molecule has 0 saturated carbocycles. The topological polar surface area (TPSA) is 129 Å². The van der Waals surface area contributed by atoms with Crippen LogP contribution in [0.3, 0.4) is 0 Å². The van der Waals surface area contributed by atoms with E-state index >= 15 is 0 Å². The molecule has 0 radical (unpaired) electrons. The van der Waals surface area contributed by atoms with Gasteiger partial charge in [0.25, 0.3) is 0 Å². The van der Waals surface area contributed by atoms with E-state index in [1.165, 1.54) is 25.4 Å². The zero-order valence-electron chi connectivity index (χ0n) is 24.0. The molecule has 3 N–H and O–H groups in total. The van der Waals surface area contributed by atoms with Crippen LogP contribution in [0.15, 0.2) is 30.6 Å². The van der Waals surface area contributed by atoms with Crippen LogP contribution in [0.2, 0.25) is 5.02 Å². The van der Waals surface area contributed by atoms with Gasteiger partial charge in [0, 0.05) is 50.2 Å². The van der Waals surface area contributed by atoms with Crippen molar-refractivity contribution in [2.45, 2.75) is 39.3 Å². The summed E-state index contributed by atoms with van der Waals surface area (Å²) in [6, 6.07) is 5.92. The lowest BCUT2D eigenvalue weighted by Crippen LogP contribution is -2.43. The molecule has 0 fully saturated rings. The Labute approximate surface area is 249 Å². The van der Waals surface area contributed by atoms with Crippen molar-refractivity contribution in [2.24, 2.45) is 0 Å². The normalized spacial score (nSPS) is 16.3. The number of fused-ring (bicyclic) bond motifs is 2. The fraction of sp³-hybridized carbons (Fsp3) is 0.448. The zero-order chi connectivity index (χ0) is 30.2. The number of aliphatic hydroxyl groups is 1. The zero-order valence-corrected chi connectivity index (χ0v) is 24.7. The molecule has 11 nitrogen and oxygen atoms in total. The predicted octanol–water partition coefficient (Wildman–Crippen LogP) is 3.49. The molecule has 2 heterocycles. The van der Waals surface area contributed by atoms with Crippen LogP contribution in [-0.2, 0) is 16.1 Å². The lowest BCUT2D eigenvalue weighted by atomic mass is 10.1. The van der Waals surface area contributed by atoms with Crippen LogP contribution in [-0.4, -0.2) is 89.2 Å². The van der Waals surface area contributed by atoms with E-state index in [9.17, 15) is 19.1 Å². The van der Waals surface area contributed by atoms with Crippen LogP contribution in [0.1, 0.15) is 32.3 Å². The van der Waals surface area contributed by atoms with Crippen molar-refractivity contribution in [3.63, 3.8) is 0 Å². The van der Waals surface area contributed by atoms with Gasteiger partial charge in [-0.1, -0.05) is 11.6 Å². The molecule has 2 bridgehead atoms. The number of amides is 2. The second kappa shape index (κ2) is 14.4. The SMILES string of the molecule is CC(=O)N(CCO)CCCOc1cc2ncnc3c2cc1OCCCNC(=O)[C@H](C)N(C)Cc1cc(F)c(Cl)cc1N3. The second-order valence-electron chi connectivity index (χ2n) is 10.1. The molecule has 226 valence electrons. The van der Waals surface area contributed by atoms with Crippen LogP contribution in [0.4, 0.5) is 15.9 Å². The van der Waals surface area contributed by atoms with Crippen LogP contribution < -0.4 is 20.1 Å². The summed E-state index contributed by atoms with van der Waals surface area (Å²) in [7, 11) is 1.80. The van der Waals surface area contributed by atoms with Gasteiger partial charge >= 0.3 is 0 Å². The molecule has 2 aromatic carbocycles. The quantitative estimate of drug-likeness (QED) is 0.348. The van der Waals surface area contributed by atoms with Gasteiger partial charge in [0.1, 0.15) is 18.0 Å². The third-order valence-corrected chi connectivity index (χ3v) is 7.37. The molecule has 0 unspecified atom stereocenters. The van der Waals surface area contributed by atoms with Crippen molar-refractivity contribution in [3.8, 4) is 11.5 Å². The van der Waals surface area contributed by atoms with E-state index < -0.39 is 11.9 Å². The number of hydrogen-bond donors (Lipinski definition) is 3. The minimum absolute atomic E-state index is 0.0514. The summed E-state index contributed by atoms with van der Waals surface area (Å²) in [5.41, 5.74) is 1.72. The molecule has 1 aromatic heterocycles. The molecule has 42 heavy (non-hydrogen) atoms. The van der Waals surface area contributed by atoms with E-state index in [0.717, 1.165) is 0 Å². The minimum atomic E-state index is -0.565. The highest BCUT2D eigenvalue weighted by Crippen LogP contribution is 2.36. The standard InChI is InChI=1S/C29H36ClFN6O5/c1-18-29(40)32-6-4-10-41-26-13-21-25(15-27(26)42-11-5-7-37(8-9-38)19(2)39)33-17-34-28(21)35-24-14-22(30)23(31)12-20(24)16-36(18)3/h12-15,17-18,38H,4-11,16H2,1-3H3,(H,32,40)(H,33,34,35)/t18-/m0/s1. The number of carbonyl (C=O) groups excluding carboxylic acids is 2. The van der Waals surface area contributed by atoms with Gasteiger partial charge in [-0.15, -0.1) is 0 Å². The number of likely N-dealkylation sites (N-methyl/N-ethyl adjacent to an activating group) is 1. The van der Waals surface area contributed by atoms with Gasteiger partial charge in [-0.2, -0.15) is 0 Å². The molecular weight excluding hydrogens is 567 g/mol. The molecule has 2 amide bonds. The number of hydrogen-bond acceptors (Lipinski definition) is 9. The van der Waals surface area contributed by atoms with Crippen molar-refractivity contribution < 1.29 is 28.6 Å². The molecule has 13 heteroatoms. The van der Waals surface area contributed by atoms with Crippen molar-refractivity contribution in [3.05, 3.63) is 47.0 Å². The van der Waals surface area contributed by atoms with Gasteiger partial charge in [0.15, 0.2) is 11.5 Å². The Morgan fingerprint density at radius 3 is 2.86 bits per heavy atom. The van der Waals surface area contributed by atoms with E-state index in [1.54, 1.807) is 31.0 Å². The minimum Gasteiger partial charge on any atom is -0.490 e.